The van der Waals surface area contributed by atoms with E-state index < -0.39 is 21.6 Å². The SMILES string of the molecule is O=S1CCc2nc(Cl)nc(Nc3cccc(F)c3)c21.O=S1CCc2nc(N3CCn4c(nnc4-c4ccc(F)cc4)C3)nc(Nc3cccc(F)c3)c21. The normalized spacial score (nSPS) is 17.0. The van der Waals surface area contributed by atoms with E-state index in [1.54, 1.807) is 36.4 Å². The van der Waals surface area contributed by atoms with E-state index in [-0.39, 0.29) is 22.7 Å². The molecule has 270 valence electrons. The van der Waals surface area contributed by atoms with Gasteiger partial charge in [0, 0.05) is 54.4 Å². The number of aryl methyl sites for hydroxylation is 2. The molecular weight excluding hydrogens is 749 g/mol. The lowest BCUT2D eigenvalue weighted by Crippen LogP contribution is -2.35. The summed E-state index contributed by atoms with van der Waals surface area (Å²) in [6.45, 7) is 1.66. The summed E-state index contributed by atoms with van der Waals surface area (Å²) in [5.74, 6) is 2.72. The lowest BCUT2D eigenvalue weighted by molar-refractivity contribution is 0.554. The Hall–Kier alpha value is -5.26. The maximum Gasteiger partial charge on any atom is 0.228 e. The quantitative estimate of drug-likeness (QED) is 0.189. The first-order valence-electron chi connectivity index (χ1n) is 16.4. The van der Waals surface area contributed by atoms with Crippen LogP contribution in [0.15, 0.2) is 82.6 Å². The smallest absolute Gasteiger partial charge is 0.228 e. The number of hydrogen-bond donors (Lipinski definition) is 2. The predicted octanol–water partition coefficient (Wildman–Crippen LogP) is 6.12. The second kappa shape index (κ2) is 14.6. The van der Waals surface area contributed by atoms with Gasteiger partial charge >= 0.3 is 0 Å². The minimum Gasteiger partial charge on any atom is -0.339 e. The molecule has 0 radical (unpaired) electrons. The van der Waals surface area contributed by atoms with Crippen LogP contribution in [0.1, 0.15) is 17.2 Å². The molecule has 6 heterocycles. The Labute approximate surface area is 310 Å². The highest BCUT2D eigenvalue weighted by Gasteiger charge is 2.30. The van der Waals surface area contributed by atoms with Crippen molar-refractivity contribution in [2.24, 2.45) is 0 Å². The molecule has 12 nitrogen and oxygen atoms in total. The zero-order chi connectivity index (χ0) is 36.6. The minimum atomic E-state index is -1.21. The Kier molecular flexibility index (Phi) is 9.61. The molecule has 2 unspecified atom stereocenters. The van der Waals surface area contributed by atoms with E-state index in [1.165, 1.54) is 36.4 Å². The van der Waals surface area contributed by atoms with Gasteiger partial charge in [-0.15, -0.1) is 10.2 Å². The van der Waals surface area contributed by atoms with Crippen molar-refractivity contribution in [1.29, 1.82) is 0 Å². The highest BCUT2D eigenvalue weighted by Crippen LogP contribution is 2.34. The van der Waals surface area contributed by atoms with E-state index >= 15 is 0 Å². The van der Waals surface area contributed by atoms with Gasteiger partial charge in [-0.25, -0.2) is 23.1 Å². The first-order valence-corrected chi connectivity index (χ1v) is 19.4. The van der Waals surface area contributed by atoms with Gasteiger partial charge in [0.05, 0.1) is 39.5 Å². The van der Waals surface area contributed by atoms with Crippen LogP contribution < -0.4 is 15.5 Å². The van der Waals surface area contributed by atoms with Gasteiger partial charge in [0.25, 0.3) is 0 Å². The zero-order valence-electron chi connectivity index (χ0n) is 27.6. The fourth-order valence-corrected chi connectivity index (χ4v) is 9.01. The van der Waals surface area contributed by atoms with Crippen molar-refractivity contribution in [3.05, 3.63) is 113 Å². The van der Waals surface area contributed by atoms with Gasteiger partial charge in [-0.1, -0.05) is 12.1 Å². The number of rotatable bonds is 6. The summed E-state index contributed by atoms with van der Waals surface area (Å²) in [5, 5.41) is 14.8. The highest BCUT2D eigenvalue weighted by atomic mass is 35.5. The van der Waals surface area contributed by atoms with Gasteiger partial charge in [0.15, 0.2) is 23.3 Å². The molecule has 6 aromatic rings. The second-order valence-corrected chi connectivity index (χ2v) is 15.5. The number of hydrogen-bond acceptors (Lipinski definition) is 11. The van der Waals surface area contributed by atoms with Crippen LogP contribution in [0.3, 0.4) is 0 Å². The Morgan fingerprint density at radius 1 is 0.679 bits per heavy atom. The molecule has 0 spiro atoms. The molecule has 2 atom stereocenters. The largest absolute Gasteiger partial charge is 0.339 e. The molecule has 3 aromatic carbocycles. The van der Waals surface area contributed by atoms with E-state index in [9.17, 15) is 21.6 Å². The zero-order valence-corrected chi connectivity index (χ0v) is 30.0. The number of nitrogens with one attached hydrogen (secondary N) is 2. The first kappa shape index (κ1) is 34.8. The van der Waals surface area contributed by atoms with Gasteiger partial charge < -0.3 is 20.1 Å². The van der Waals surface area contributed by atoms with Gasteiger partial charge in [-0.2, -0.15) is 9.97 Å². The maximum absolute atomic E-state index is 13.7. The fourth-order valence-electron chi connectivity index (χ4n) is 6.21. The van der Waals surface area contributed by atoms with E-state index in [1.807, 2.05) is 9.47 Å². The lowest BCUT2D eigenvalue weighted by atomic mass is 10.2. The fraction of sp³-hybridized carbons (Fsp3) is 0.200. The molecule has 0 saturated heterocycles. The molecule has 3 aliphatic heterocycles. The molecule has 0 bridgehead atoms. The highest BCUT2D eigenvalue weighted by molar-refractivity contribution is 7.85. The van der Waals surface area contributed by atoms with Crippen molar-refractivity contribution in [3.8, 4) is 11.4 Å². The van der Waals surface area contributed by atoms with Crippen LogP contribution in [0, 0.1) is 17.5 Å². The van der Waals surface area contributed by atoms with Crippen molar-refractivity contribution in [2.45, 2.75) is 35.7 Å². The van der Waals surface area contributed by atoms with E-state index in [0.717, 1.165) is 17.1 Å². The summed E-state index contributed by atoms with van der Waals surface area (Å²) < 4.78 is 66.7. The van der Waals surface area contributed by atoms with E-state index in [0.29, 0.717) is 94.2 Å². The summed E-state index contributed by atoms with van der Waals surface area (Å²) in [6, 6.07) is 18.2. The number of fused-ring (bicyclic) bond motifs is 3. The Morgan fingerprint density at radius 3 is 1.91 bits per heavy atom. The van der Waals surface area contributed by atoms with Crippen molar-refractivity contribution in [1.82, 2.24) is 34.7 Å². The standard InChI is InChI=1S/C23H19F2N7OS.C12H9ClFN3OS/c24-15-6-4-14(5-7-15)22-30-29-19-13-31(9-10-32(19)22)23-27-18-8-11-34(33)20(18)21(28-23)26-17-3-1-2-16(25)12-17;13-12-16-9-4-5-19(18)10(9)11(17-12)15-8-3-1-2-7(14)6-8/h1-7,12H,8-11,13H2,(H,26,27,28);1-3,6H,4-5H2,(H,15,16,17). The number of anilines is 5. The van der Waals surface area contributed by atoms with Gasteiger partial charge in [0.1, 0.15) is 27.2 Å². The van der Waals surface area contributed by atoms with Crippen LogP contribution in [0.5, 0.6) is 0 Å². The minimum absolute atomic E-state index is 0.0940. The Morgan fingerprint density at radius 2 is 1.28 bits per heavy atom. The molecule has 0 aliphatic carbocycles. The van der Waals surface area contributed by atoms with Crippen LogP contribution >= 0.6 is 11.6 Å². The Bertz CT molecular complexity index is 2420. The topological polar surface area (TPSA) is 144 Å². The predicted molar refractivity (Wildman–Crippen MR) is 195 cm³/mol. The second-order valence-electron chi connectivity index (χ2n) is 12.2. The van der Waals surface area contributed by atoms with Gasteiger partial charge in [-0.05, 0) is 72.3 Å². The average molecular weight is 777 g/mol. The van der Waals surface area contributed by atoms with Crippen LogP contribution in [0.2, 0.25) is 5.28 Å². The summed E-state index contributed by atoms with van der Waals surface area (Å²) in [5.41, 5.74) is 3.28. The molecule has 3 aliphatic rings. The number of halogens is 4. The third-order valence-electron chi connectivity index (χ3n) is 8.65. The number of aromatic nitrogens is 7. The first-order chi connectivity index (χ1) is 25.7. The molecule has 3 aromatic heterocycles. The summed E-state index contributed by atoms with van der Waals surface area (Å²) in [6.07, 6.45) is 1.20. The summed E-state index contributed by atoms with van der Waals surface area (Å²) in [7, 11) is -2.35. The van der Waals surface area contributed by atoms with Gasteiger partial charge in [-0.3, -0.25) is 8.42 Å². The molecule has 9 rings (SSSR count). The van der Waals surface area contributed by atoms with Crippen LogP contribution in [-0.4, -0.2) is 61.2 Å². The van der Waals surface area contributed by atoms with Crippen molar-refractivity contribution in [3.63, 3.8) is 0 Å². The molecule has 0 saturated carbocycles. The Balaban J connectivity index is 0.000000178. The lowest BCUT2D eigenvalue weighted by Gasteiger charge is -2.28. The van der Waals surface area contributed by atoms with Crippen molar-refractivity contribution >= 4 is 62.2 Å². The molecule has 0 fully saturated rings. The molecule has 53 heavy (non-hydrogen) atoms. The monoisotopic (exact) mass is 776 g/mol. The third-order valence-corrected chi connectivity index (χ3v) is 11.7. The molecule has 2 N–H and O–H groups in total. The molecule has 0 amide bonds. The van der Waals surface area contributed by atoms with Crippen LogP contribution in [0.4, 0.5) is 42.1 Å². The molecule has 18 heteroatoms. The van der Waals surface area contributed by atoms with Gasteiger partial charge in [0.2, 0.25) is 11.2 Å². The maximum atomic E-state index is 13.7. The van der Waals surface area contributed by atoms with Crippen LogP contribution in [-0.2, 0) is 47.5 Å². The van der Waals surface area contributed by atoms with Crippen LogP contribution in [0.25, 0.3) is 11.4 Å². The number of nitrogens with zero attached hydrogens (tertiary/aromatic N) is 8. The number of benzene rings is 3. The van der Waals surface area contributed by atoms with Crippen molar-refractivity contribution < 1.29 is 21.6 Å². The van der Waals surface area contributed by atoms with E-state index in [4.69, 9.17) is 16.6 Å². The summed E-state index contributed by atoms with van der Waals surface area (Å²) in [4.78, 5) is 20.6. The molecular formula is C35H28ClF3N10O2S2. The third kappa shape index (κ3) is 7.36. The van der Waals surface area contributed by atoms with E-state index in [2.05, 4.69) is 35.8 Å². The average Bonchev–Trinajstić information content (AvgIpc) is 3.85. The summed E-state index contributed by atoms with van der Waals surface area (Å²) >= 11 is 5.84. The van der Waals surface area contributed by atoms with Crippen molar-refractivity contribution in [2.75, 3.05) is 33.6 Å².